The summed E-state index contributed by atoms with van der Waals surface area (Å²) in [5.74, 6) is 0.657. The Labute approximate surface area is 145 Å². The fourth-order valence-electron chi connectivity index (χ4n) is 4.38. The number of carbonyl (C=O) groups excluding carboxylic acids is 2. The number of hydrogen-bond donors (Lipinski definition) is 1. The molecule has 0 radical (unpaired) electrons. The summed E-state index contributed by atoms with van der Waals surface area (Å²) in [5.41, 5.74) is 5.93. The number of nitrogens with zero attached hydrogens (tertiary/aromatic N) is 3. The third-order valence-corrected chi connectivity index (χ3v) is 5.99. The average molecular weight is 336 g/mol. The Morgan fingerprint density at radius 3 is 2.38 bits per heavy atom. The molecule has 0 spiro atoms. The zero-order valence-electron chi connectivity index (χ0n) is 15.0. The molecule has 0 bridgehead atoms. The average Bonchev–Trinajstić information content (AvgIpc) is 3.02. The summed E-state index contributed by atoms with van der Waals surface area (Å²) >= 11 is 0. The number of rotatable bonds is 3. The molecule has 2 heterocycles. The zero-order chi connectivity index (χ0) is 17.1. The molecule has 3 unspecified atom stereocenters. The lowest BCUT2D eigenvalue weighted by molar-refractivity contribution is -0.139. The van der Waals surface area contributed by atoms with Crippen LogP contribution in [0.1, 0.15) is 45.4 Å². The minimum absolute atomic E-state index is 0.127. The minimum Gasteiger partial charge on any atom is -0.340 e. The van der Waals surface area contributed by atoms with Crippen LogP contribution in [0, 0.1) is 5.92 Å². The molecule has 2 saturated heterocycles. The van der Waals surface area contributed by atoms with E-state index in [0.29, 0.717) is 12.6 Å². The highest BCUT2D eigenvalue weighted by atomic mass is 16.2. The van der Waals surface area contributed by atoms with E-state index in [1.807, 2.05) is 9.80 Å². The third-order valence-electron chi connectivity index (χ3n) is 5.99. The lowest BCUT2D eigenvalue weighted by Gasteiger charge is -2.38. The highest BCUT2D eigenvalue weighted by molar-refractivity contribution is 5.80. The number of carbonyl (C=O) groups is 2. The van der Waals surface area contributed by atoms with Crippen LogP contribution in [0.15, 0.2) is 0 Å². The van der Waals surface area contributed by atoms with Gasteiger partial charge in [-0.2, -0.15) is 0 Å². The van der Waals surface area contributed by atoms with Gasteiger partial charge in [0.05, 0.1) is 6.54 Å². The molecule has 3 atom stereocenters. The standard InChI is InChI=1S/C18H32N4O2/c1-14-4-2-3-7-22(14)17(23)13-20-8-10-21(11-9-20)18(24)15-5-6-16(19)12-15/h14-16H,2-13,19H2,1H3. The van der Waals surface area contributed by atoms with Crippen molar-refractivity contribution in [2.24, 2.45) is 11.7 Å². The van der Waals surface area contributed by atoms with Crippen molar-refractivity contribution in [3.05, 3.63) is 0 Å². The van der Waals surface area contributed by atoms with Gasteiger partial charge in [-0.05, 0) is 45.4 Å². The fraction of sp³-hybridized carbons (Fsp3) is 0.889. The van der Waals surface area contributed by atoms with Gasteiger partial charge in [-0.3, -0.25) is 14.5 Å². The molecule has 0 aromatic heterocycles. The molecule has 2 amide bonds. The van der Waals surface area contributed by atoms with Gasteiger partial charge >= 0.3 is 0 Å². The summed E-state index contributed by atoms with van der Waals surface area (Å²) in [6.07, 6.45) is 6.23. The number of piperidine rings is 1. The van der Waals surface area contributed by atoms with E-state index in [9.17, 15) is 9.59 Å². The van der Waals surface area contributed by atoms with Crippen LogP contribution in [0.25, 0.3) is 0 Å². The first-order valence-corrected chi connectivity index (χ1v) is 9.61. The lowest BCUT2D eigenvalue weighted by Crippen LogP contribution is -2.53. The van der Waals surface area contributed by atoms with Gasteiger partial charge < -0.3 is 15.5 Å². The smallest absolute Gasteiger partial charge is 0.236 e. The summed E-state index contributed by atoms with van der Waals surface area (Å²) in [4.78, 5) is 31.3. The maximum atomic E-state index is 12.5. The maximum Gasteiger partial charge on any atom is 0.236 e. The Morgan fingerprint density at radius 1 is 1.00 bits per heavy atom. The lowest BCUT2D eigenvalue weighted by atomic mass is 10.0. The number of nitrogens with two attached hydrogens (primary N) is 1. The van der Waals surface area contributed by atoms with Crippen LogP contribution in [0.2, 0.25) is 0 Å². The SMILES string of the molecule is CC1CCCCN1C(=O)CN1CCN(C(=O)C2CCC(N)C2)CC1. The molecule has 6 heteroatoms. The first-order chi connectivity index (χ1) is 11.5. The van der Waals surface area contributed by atoms with Crippen LogP contribution in [-0.2, 0) is 9.59 Å². The molecule has 0 aromatic carbocycles. The van der Waals surface area contributed by atoms with E-state index in [-0.39, 0.29) is 23.8 Å². The van der Waals surface area contributed by atoms with Gasteiger partial charge in [0.15, 0.2) is 0 Å². The molecule has 1 saturated carbocycles. The summed E-state index contributed by atoms with van der Waals surface area (Å²) < 4.78 is 0. The van der Waals surface area contributed by atoms with E-state index in [4.69, 9.17) is 5.73 Å². The Bertz CT molecular complexity index is 462. The number of amides is 2. The third kappa shape index (κ3) is 4.09. The number of piperazine rings is 1. The quantitative estimate of drug-likeness (QED) is 0.822. The molecule has 3 aliphatic rings. The molecule has 2 N–H and O–H groups in total. The Balaban J connectivity index is 1.43. The van der Waals surface area contributed by atoms with Gasteiger partial charge in [-0.25, -0.2) is 0 Å². The van der Waals surface area contributed by atoms with Crippen LogP contribution < -0.4 is 5.73 Å². The van der Waals surface area contributed by atoms with E-state index in [1.54, 1.807) is 0 Å². The number of likely N-dealkylation sites (tertiary alicyclic amines) is 1. The zero-order valence-corrected chi connectivity index (χ0v) is 15.0. The van der Waals surface area contributed by atoms with Gasteiger partial charge in [0.25, 0.3) is 0 Å². The van der Waals surface area contributed by atoms with Gasteiger partial charge in [0.2, 0.25) is 11.8 Å². The summed E-state index contributed by atoms with van der Waals surface area (Å²) in [7, 11) is 0. The van der Waals surface area contributed by atoms with E-state index in [0.717, 1.165) is 64.8 Å². The van der Waals surface area contributed by atoms with Gasteiger partial charge in [0.1, 0.15) is 0 Å². The molecule has 3 fully saturated rings. The van der Waals surface area contributed by atoms with E-state index >= 15 is 0 Å². The topological polar surface area (TPSA) is 69.9 Å². The second kappa shape index (κ2) is 7.83. The van der Waals surface area contributed by atoms with Crippen LogP contribution in [0.4, 0.5) is 0 Å². The van der Waals surface area contributed by atoms with Crippen molar-refractivity contribution in [1.82, 2.24) is 14.7 Å². The molecule has 2 aliphatic heterocycles. The molecule has 3 rings (SSSR count). The molecule has 6 nitrogen and oxygen atoms in total. The monoisotopic (exact) mass is 336 g/mol. The minimum atomic E-state index is 0.127. The van der Waals surface area contributed by atoms with Gasteiger partial charge in [-0.1, -0.05) is 0 Å². The van der Waals surface area contributed by atoms with Crippen molar-refractivity contribution in [2.75, 3.05) is 39.3 Å². The first kappa shape index (κ1) is 17.7. The fourth-order valence-corrected chi connectivity index (χ4v) is 4.38. The molecule has 24 heavy (non-hydrogen) atoms. The van der Waals surface area contributed by atoms with Crippen LogP contribution >= 0.6 is 0 Å². The van der Waals surface area contributed by atoms with E-state index < -0.39 is 0 Å². The van der Waals surface area contributed by atoms with Crippen molar-refractivity contribution < 1.29 is 9.59 Å². The summed E-state index contributed by atoms with van der Waals surface area (Å²) in [6.45, 7) is 6.65. The van der Waals surface area contributed by atoms with E-state index in [2.05, 4.69) is 11.8 Å². The summed E-state index contributed by atoms with van der Waals surface area (Å²) in [5, 5.41) is 0. The van der Waals surface area contributed by atoms with Crippen molar-refractivity contribution >= 4 is 11.8 Å². The Kier molecular flexibility index (Phi) is 5.76. The second-order valence-corrected chi connectivity index (χ2v) is 7.80. The van der Waals surface area contributed by atoms with Gasteiger partial charge in [-0.15, -0.1) is 0 Å². The van der Waals surface area contributed by atoms with Crippen molar-refractivity contribution in [3.8, 4) is 0 Å². The largest absolute Gasteiger partial charge is 0.340 e. The van der Waals surface area contributed by atoms with Crippen LogP contribution in [-0.4, -0.2) is 77.9 Å². The highest BCUT2D eigenvalue weighted by Gasteiger charge is 2.33. The predicted octanol–water partition coefficient (Wildman–Crippen LogP) is 0.659. The normalized spacial score (nSPS) is 32.2. The first-order valence-electron chi connectivity index (χ1n) is 9.61. The van der Waals surface area contributed by atoms with Crippen molar-refractivity contribution in [1.29, 1.82) is 0 Å². The predicted molar refractivity (Wildman–Crippen MR) is 93.4 cm³/mol. The van der Waals surface area contributed by atoms with E-state index in [1.165, 1.54) is 6.42 Å². The number of hydrogen-bond acceptors (Lipinski definition) is 4. The molecule has 1 aliphatic carbocycles. The highest BCUT2D eigenvalue weighted by Crippen LogP contribution is 2.26. The Hall–Kier alpha value is -1.14. The summed E-state index contributed by atoms with van der Waals surface area (Å²) in [6, 6.07) is 0.574. The molecule has 136 valence electrons. The van der Waals surface area contributed by atoms with Crippen LogP contribution in [0.5, 0.6) is 0 Å². The maximum absolute atomic E-state index is 12.5. The van der Waals surface area contributed by atoms with Crippen molar-refractivity contribution in [2.45, 2.75) is 57.5 Å². The molecular formula is C18H32N4O2. The molecular weight excluding hydrogens is 304 g/mol. The van der Waals surface area contributed by atoms with Crippen molar-refractivity contribution in [3.63, 3.8) is 0 Å². The Morgan fingerprint density at radius 2 is 1.75 bits per heavy atom. The van der Waals surface area contributed by atoms with Crippen LogP contribution in [0.3, 0.4) is 0 Å². The second-order valence-electron chi connectivity index (χ2n) is 7.80. The van der Waals surface area contributed by atoms with Gasteiger partial charge in [0, 0.05) is 50.7 Å². The molecule has 0 aromatic rings.